The number of anilines is 2. The van der Waals surface area contributed by atoms with Crippen molar-refractivity contribution in [1.82, 2.24) is 4.98 Å². The van der Waals surface area contributed by atoms with E-state index >= 15 is 0 Å². The molecule has 0 bridgehead atoms. The molecule has 4 heteroatoms. The van der Waals surface area contributed by atoms with Gasteiger partial charge in [-0.05, 0) is 23.8 Å². The average Bonchev–Trinajstić information content (AvgIpc) is 2.28. The molecule has 1 heterocycles. The molecule has 0 amide bonds. The van der Waals surface area contributed by atoms with Gasteiger partial charge in [0.15, 0.2) is 0 Å². The smallest absolute Gasteiger partial charge is 0.214 e. The predicted molar refractivity (Wildman–Crippen MR) is 62.4 cm³/mol. The highest BCUT2D eigenvalue weighted by atomic mass is 19.1. The summed E-state index contributed by atoms with van der Waals surface area (Å²) in [5, 5.41) is 3.01. The Bertz CT molecular complexity index is 485. The molecule has 0 unspecified atom stereocenters. The number of nitrogens with two attached hydrogens (primary N) is 1. The Morgan fingerprint density at radius 3 is 2.69 bits per heavy atom. The third-order valence-corrected chi connectivity index (χ3v) is 2.23. The topological polar surface area (TPSA) is 50.9 Å². The summed E-state index contributed by atoms with van der Waals surface area (Å²) in [7, 11) is 0. The molecule has 3 nitrogen and oxygen atoms in total. The van der Waals surface area contributed by atoms with E-state index in [9.17, 15) is 4.39 Å². The minimum absolute atomic E-state index is 0.494. The Morgan fingerprint density at radius 1 is 1.12 bits per heavy atom. The van der Waals surface area contributed by atoms with Crippen molar-refractivity contribution in [2.75, 3.05) is 11.1 Å². The molecule has 16 heavy (non-hydrogen) atoms. The average molecular weight is 217 g/mol. The van der Waals surface area contributed by atoms with E-state index < -0.39 is 5.95 Å². The van der Waals surface area contributed by atoms with E-state index in [0.717, 1.165) is 5.56 Å². The molecular weight excluding hydrogens is 205 g/mol. The second-order valence-corrected chi connectivity index (χ2v) is 3.40. The lowest BCUT2D eigenvalue weighted by molar-refractivity contribution is 0.585. The van der Waals surface area contributed by atoms with Crippen molar-refractivity contribution >= 4 is 11.5 Å². The zero-order chi connectivity index (χ0) is 11.4. The van der Waals surface area contributed by atoms with Crippen molar-refractivity contribution in [3.05, 3.63) is 54.0 Å². The quantitative estimate of drug-likeness (QED) is 0.613. The molecule has 0 spiro atoms. The SMILES string of the molecule is Nc1ccccc1CNc1cccc(F)n1. The number of rotatable bonds is 3. The van der Waals surface area contributed by atoms with Gasteiger partial charge in [-0.1, -0.05) is 24.3 Å². The van der Waals surface area contributed by atoms with Crippen molar-refractivity contribution in [3.8, 4) is 0 Å². The van der Waals surface area contributed by atoms with E-state index in [4.69, 9.17) is 5.73 Å². The van der Waals surface area contributed by atoms with Crippen LogP contribution in [0.5, 0.6) is 0 Å². The molecule has 3 N–H and O–H groups in total. The Kier molecular flexibility index (Phi) is 3.00. The van der Waals surface area contributed by atoms with Crippen LogP contribution in [0.3, 0.4) is 0 Å². The maximum Gasteiger partial charge on any atom is 0.214 e. The monoisotopic (exact) mass is 217 g/mol. The first-order valence-electron chi connectivity index (χ1n) is 4.95. The molecule has 0 aliphatic carbocycles. The molecule has 2 aromatic rings. The highest BCUT2D eigenvalue weighted by molar-refractivity contribution is 5.48. The summed E-state index contributed by atoms with van der Waals surface area (Å²) in [6.45, 7) is 0.531. The van der Waals surface area contributed by atoms with E-state index in [-0.39, 0.29) is 0 Å². The lowest BCUT2D eigenvalue weighted by Gasteiger charge is -2.07. The van der Waals surface area contributed by atoms with Crippen LogP contribution < -0.4 is 11.1 Å². The number of hydrogen-bond donors (Lipinski definition) is 2. The summed E-state index contributed by atoms with van der Waals surface area (Å²) in [6, 6.07) is 12.2. The standard InChI is InChI=1S/C12H12FN3/c13-11-6-3-7-12(16-11)15-8-9-4-1-2-5-10(9)14/h1-7H,8,14H2,(H,15,16). The molecule has 82 valence electrons. The summed E-state index contributed by atoms with van der Waals surface area (Å²) < 4.78 is 12.8. The van der Waals surface area contributed by atoms with Crippen LogP contribution in [-0.2, 0) is 6.54 Å². The van der Waals surface area contributed by atoms with Crippen LogP contribution in [0.15, 0.2) is 42.5 Å². The van der Waals surface area contributed by atoms with Crippen molar-refractivity contribution in [2.24, 2.45) is 0 Å². The molecule has 1 aromatic carbocycles. The van der Waals surface area contributed by atoms with Gasteiger partial charge in [-0.25, -0.2) is 4.98 Å². The van der Waals surface area contributed by atoms with Crippen LogP contribution in [-0.4, -0.2) is 4.98 Å². The number of pyridine rings is 1. The fourth-order valence-electron chi connectivity index (χ4n) is 1.39. The Labute approximate surface area is 93.1 Å². The first kappa shape index (κ1) is 10.4. The van der Waals surface area contributed by atoms with Gasteiger partial charge in [0.1, 0.15) is 5.82 Å². The van der Waals surface area contributed by atoms with Crippen LogP contribution >= 0.6 is 0 Å². The maximum absolute atomic E-state index is 12.8. The fourth-order valence-corrected chi connectivity index (χ4v) is 1.39. The summed E-state index contributed by atoms with van der Waals surface area (Å²) in [4.78, 5) is 3.70. The predicted octanol–water partition coefficient (Wildman–Crippen LogP) is 2.42. The first-order chi connectivity index (χ1) is 7.75. The van der Waals surface area contributed by atoms with Gasteiger partial charge in [0, 0.05) is 12.2 Å². The van der Waals surface area contributed by atoms with Gasteiger partial charge in [0.2, 0.25) is 5.95 Å². The minimum Gasteiger partial charge on any atom is -0.398 e. The number of hydrogen-bond acceptors (Lipinski definition) is 3. The van der Waals surface area contributed by atoms with E-state index in [0.29, 0.717) is 18.1 Å². The molecule has 0 aliphatic rings. The minimum atomic E-state index is -0.494. The zero-order valence-corrected chi connectivity index (χ0v) is 8.65. The van der Waals surface area contributed by atoms with Crippen LogP contribution in [0, 0.1) is 5.95 Å². The summed E-state index contributed by atoms with van der Waals surface area (Å²) in [6.07, 6.45) is 0. The molecule has 0 saturated carbocycles. The van der Waals surface area contributed by atoms with E-state index in [1.165, 1.54) is 6.07 Å². The van der Waals surface area contributed by atoms with Gasteiger partial charge >= 0.3 is 0 Å². The molecule has 0 radical (unpaired) electrons. The van der Waals surface area contributed by atoms with Crippen LogP contribution in [0.1, 0.15) is 5.56 Å². The second kappa shape index (κ2) is 4.61. The van der Waals surface area contributed by atoms with Crippen molar-refractivity contribution in [1.29, 1.82) is 0 Å². The summed E-state index contributed by atoms with van der Waals surface area (Å²) in [5.41, 5.74) is 7.46. The third-order valence-electron chi connectivity index (χ3n) is 2.23. The van der Waals surface area contributed by atoms with Gasteiger partial charge in [-0.3, -0.25) is 0 Å². The molecule has 0 fully saturated rings. The van der Waals surface area contributed by atoms with Gasteiger partial charge in [0.05, 0.1) is 0 Å². The first-order valence-corrected chi connectivity index (χ1v) is 4.95. The molecule has 2 rings (SSSR count). The van der Waals surface area contributed by atoms with Gasteiger partial charge in [-0.15, -0.1) is 0 Å². The Morgan fingerprint density at radius 2 is 1.94 bits per heavy atom. The fraction of sp³-hybridized carbons (Fsp3) is 0.0833. The number of benzene rings is 1. The number of aromatic nitrogens is 1. The van der Waals surface area contributed by atoms with E-state index in [2.05, 4.69) is 10.3 Å². The van der Waals surface area contributed by atoms with Gasteiger partial charge in [0.25, 0.3) is 0 Å². The number of halogens is 1. The van der Waals surface area contributed by atoms with E-state index in [1.807, 2.05) is 24.3 Å². The highest BCUT2D eigenvalue weighted by Crippen LogP contribution is 2.12. The zero-order valence-electron chi connectivity index (χ0n) is 8.65. The number of nitrogen functional groups attached to an aromatic ring is 1. The van der Waals surface area contributed by atoms with Crippen molar-refractivity contribution < 1.29 is 4.39 Å². The molecule has 0 aliphatic heterocycles. The maximum atomic E-state index is 12.8. The van der Waals surface area contributed by atoms with Gasteiger partial charge in [-0.2, -0.15) is 4.39 Å². The highest BCUT2D eigenvalue weighted by Gasteiger charge is 1.99. The largest absolute Gasteiger partial charge is 0.398 e. The molecular formula is C12H12FN3. The summed E-state index contributed by atoms with van der Waals surface area (Å²) in [5.74, 6) is 0.00860. The Balaban J connectivity index is 2.05. The molecule has 0 saturated heterocycles. The normalized spacial score (nSPS) is 10.1. The van der Waals surface area contributed by atoms with Gasteiger partial charge < -0.3 is 11.1 Å². The summed E-state index contributed by atoms with van der Waals surface area (Å²) >= 11 is 0. The van der Waals surface area contributed by atoms with Crippen molar-refractivity contribution in [2.45, 2.75) is 6.54 Å². The molecule has 1 aromatic heterocycles. The lowest BCUT2D eigenvalue weighted by atomic mass is 10.2. The van der Waals surface area contributed by atoms with Crippen molar-refractivity contribution in [3.63, 3.8) is 0 Å². The van der Waals surface area contributed by atoms with Crippen LogP contribution in [0.4, 0.5) is 15.9 Å². The van der Waals surface area contributed by atoms with E-state index in [1.54, 1.807) is 12.1 Å². The number of nitrogens with zero attached hydrogens (tertiary/aromatic N) is 1. The second-order valence-electron chi connectivity index (χ2n) is 3.40. The van der Waals surface area contributed by atoms with Crippen LogP contribution in [0.2, 0.25) is 0 Å². The number of para-hydroxylation sites is 1. The Hall–Kier alpha value is -2.10. The molecule has 0 atom stereocenters. The van der Waals surface area contributed by atoms with Crippen LogP contribution in [0.25, 0.3) is 0 Å². The number of nitrogens with one attached hydrogen (secondary N) is 1. The third kappa shape index (κ3) is 2.48. The lowest BCUT2D eigenvalue weighted by Crippen LogP contribution is -2.04.